The molecule has 1 heterocycles. The molecule has 27 heavy (non-hydrogen) atoms. The highest BCUT2D eigenvalue weighted by atomic mass is 35.5. The van der Waals surface area contributed by atoms with Gasteiger partial charge < -0.3 is 5.32 Å². The van der Waals surface area contributed by atoms with Crippen LogP contribution in [0.25, 0.3) is 0 Å². The predicted octanol–water partition coefficient (Wildman–Crippen LogP) is 3.93. The summed E-state index contributed by atoms with van der Waals surface area (Å²) in [6.07, 6.45) is 0. The summed E-state index contributed by atoms with van der Waals surface area (Å²) < 4.78 is 13.4. The quantitative estimate of drug-likeness (QED) is 0.841. The zero-order valence-corrected chi connectivity index (χ0v) is 16.5. The Balaban J connectivity index is 1.51. The molecule has 0 bridgehead atoms. The maximum absolute atomic E-state index is 13.4. The Morgan fingerprint density at radius 1 is 1.15 bits per heavy atom. The molecular formula is C21H25ClFN3O. The number of hydrogen-bond acceptors (Lipinski definition) is 3. The lowest BCUT2D eigenvalue weighted by Crippen LogP contribution is -2.52. The first kappa shape index (κ1) is 19.8. The Morgan fingerprint density at radius 2 is 1.81 bits per heavy atom. The van der Waals surface area contributed by atoms with Crippen LogP contribution in [0.4, 0.5) is 10.1 Å². The first-order chi connectivity index (χ1) is 12.9. The zero-order chi connectivity index (χ0) is 19.4. The second-order valence-corrected chi connectivity index (χ2v) is 7.50. The van der Waals surface area contributed by atoms with Crippen molar-refractivity contribution in [2.45, 2.75) is 26.4 Å². The number of amides is 1. The monoisotopic (exact) mass is 389 g/mol. The van der Waals surface area contributed by atoms with E-state index >= 15 is 0 Å². The van der Waals surface area contributed by atoms with Crippen molar-refractivity contribution < 1.29 is 9.18 Å². The van der Waals surface area contributed by atoms with Crippen LogP contribution in [0, 0.1) is 12.7 Å². The summed E-state index contributed by atoms with van der Waals surface area (Å²) in [4.78, 5) is 17.1. The molecule has 1 N–H and O–H groups in total. The SMILES string of the molecule is Cc1ccc(F)cc1NC(=O)C(C)N1CCN(Cc2ccc(Cl)cc2)CC1. The molecule has 4 nitrogen and oxygen atoms in total. The smallest absolute Gasteiger partial charge is 0.241 e. The number of hydrogen-bond donors (Lipinski definition) is 1. The number of anilines is 1. The molecule has 1 atom stereocenters. The number of benzene rings is 2. The molecule has 2 aromatic carbocycles. The fourth-order valence-corrected chi connectivity index (χ4v) is 3.41. The van der Waals surface area contributed by atoms with Crippen LogP contribution in [0.5, 0.6) is 0 Å². The minimum Gasteiger partial charge on any atom is -0.324 e. The summed E-state index contributed by atoms with van der Waals surface area (Å²) in [6, 6.07) is 12.1. The molecule has 1 fully saturated rings. The van der Waals surface area contributed by atoms with Gasteiger partial charge in [-0.15, -0.1) is 0 Å². The molecule has 0 aliphatic carbocycles. The van der Waals surface area contributed by atoms with E-state index in [1.165, 1.54) is 17.7 Å². The largest absolute Gasteiger partial charge is 0.324 e. The second-order valence-electron chi connectivity index (χ2n) is 7.06. The third kappa shape index (κ3) is 5.28. The molecule has 6 heteroatoms. The van der Waals surface area contributed by atoms with Crippen molar-refractivity contribution in [2.24, 2.45) is 0 Å². The first-order valence-corrected chi connectivity index (χ1v) is 9.58. The van der Waals surface area contributed by atoms with Gasteiger partial charge in [0.15, 0.2) is 0 Å². The Morgan fingerprint density at radius 3 is 2.48 bits per heavy atom. The van der Waals surface area contributed by atoms with Gasteiger partial charge in [-0.25, -0.2) is 4.39 Å². The molecule has 0 radical (unpaired) electrons. The number of carbonyl (C=O) groups excluding carboxylic acids is 1. The van der Waals surface area contributed by atoms with Gasteiger partial charge in [0.1, 0.15) is 5.82 Å². The van der Waals surface area contributed by atoms with Crippen LogP contribution in [0.3, 0.4) is 0 Å². The van der Waals surface area contributed by atoms with Crippen molar-refractivity contribution in [1.82, 2.24) is 9.80 Å². The van der Waals surface area contributed by atoms with Gasteiger partial charge in [-0.1, -0.05) is 29.8 Å². The van der Waals surface area contributed by atoms with E-state index < -0.39 is 0 Å². The average molecular weight is 390 g/mol. The molecule has 144 valence electrons. The zero-order valence-electron chi connectivity index (χ0n) is 15.7. The minimum absolute atomic E-state index is 0.102. The summed E-state index contributed by atoms with van der Waals surface area (Å²) in [5.41, 5.74) is 2.62. The normalized spacial score (nSPS) is 16.9. The van der Waals surface area contributed by atoms with Gasteiger partial charge in [0.2, 0.25) is 5.91 Å². The first-order valence-electron chi connectivity index (χ1n) is 9.20. The van der Waals surface area contributed by atoms with Crippen LogP contribution >= 0.6 is 11.6 Å². The summed E-state index contributed by atoms with van der Waals surface area (Å²) in [7, 11) is 0. The van der Waals surface area contributed by atoms with Gasteiger partial charge >= 0.3 is 0 Å². The molecule has 0 aromatic heterocycles. The van der Waals surface area contributed by atoms with Gasteiger partial charge in [-0.3, -0.25) is 14.6 Å². The van der Waals surface area contributed by atoms with E-state index in [9.17, 15) is 9.18 Å². The van der Waals surface area contributed by atoms with Crippen LogP contribution in [0.1, 0.15) is 18.1 Å². The molecule has 1 aliphatic heterocycles. The number of aryl methyl sites for hydroxylation is 1. The fourth-order valence-electron chi connectivity index (χ4n) is 3.29. The van der Waals surface area contributed by atoms with Crippen molar-refractivity contribution in [1.29, 1.82) is 0 Å². The van der Waals surface area contributed by atoms with E-state index in [1.807, 2.05) is 38.1 Å². The molecular weight excluding hydrogens is 365 g/mol. The Kier molecular flexibility index (Phi) is 6.47. The number of nitrogens with one attached hydrogen (secondary N) is 1. The average Bonchev–Trinajstić information content (AvgIpc) is 2.66. The van der Waals surface area contributed by atoms with E-state index in [4.69, 9.17) is 11.6 Å². The molecule has 1 amide bonds. The Bertz CT molecular complexity index is 789. The van der Waals surface area contributed by atoms with E-state index in [0.717, 1.165) is 43.3 Å². The molecule has 1 aliphatic rings. The van der Waals surface area contributed by atoms with Crippen LogP contribution in [-0.4, -0.2) is 47.9 Å². The highest BCUT2D eigenvalue weighted by Gasteiger charge is 2.26. The van der Waals surface area contributed by atoms with Crippen molar-refractivity contribution in [2.75, 3.05) is 31.5 Å². The van der Waals surface area contributed by atoms with E-state index in [1.54, 1.807) is 6.07 Å². The summed E-state index contributed by atoms with van der Waals surface area (Å²) in [6.45, 7) is 8.09. The molecule has 3 rings (SSSR count). The Labute approximate surface area is 164 Å². The van der Waals surface area contributed by atoms with Crippen LogP contribution in [-0.2, 0) is 11.3 Å². The molecule has 2 aromatic rings. The second kappa shape index (κ2) is 8.83. The minimum atomic E-state index is -0.348. The topological polar surface area (TPSA) is 35.6 Å². The third-order valence-corrected chi connectivity index (χ3v) is 5.36. The molecule has 0 saturated carbocycles. The lowest BCUT2D eigenvalue weighted by atomic mass is 10.1. The van der Waals surface area contributed by atoms with E-state index in [-0.39, 0.29) is 17.8 Å². The molecule has 0 spiro atoms. The number of piperazine rings is 1. The van der Waals surface area contributed by atoms with Crippen LogP contribution in [0.2, 0.25) is 5.02 Å². The van der Waals surface area contributed by atoms with Gasteiger partial charge in [-0.05, 0) is 49.2 Å². The predicted molar refractivity (Wildman–Crippen MR) is 108 cm³/mol. The van der Waals surface area contributed by atoms with Gasteiger partial charge in [0.25, 0.3) is 0 Å². The number of halogens is 2. The third-order valence-electron chi connectivity index (χ3n) is 5.11. The maximum atomic E-state index is 13.4. The van der Waals surface area contributed by atoms with Crippen molar-refractivity contribution in [3.63, 3.8) is 0 Å². The van der Waals surface area contributed by atoms with Crippen molar-refractivity contribution in [3.8, 4) is 0 Å². The van der Waals surface area contributed by atoms with Gasteiger partial charge in [0, 0.05) is 43.4 Å². The van der Waals surface area contributed by atoms with Crippen molar-refractivity contribution >= 4 is 23.2 Å². The molecule has 1 unspecified atom stereocenters. The number of nitrogens with zero attached hydrogens (tertiary/aromatic N) is 2. The van der Waals surface area contributed by atoms with Gasteiger partial charge in [-0.2, -0.15) is 0 Å². The Hall–Kier alpha value is -1.95. The van der Waals surface area contributed by atoms with Crippen LogP contribution in [0.15, 0.2) is 42.5 Å². The summed E-state index contributed by atoms with van der Waals surface area (Å²) in [5.74, 6) is -0.450. The fraction of sp³-hybridized carbons (Fsp3) is 0.381. The standard InChI is InChI=1S/C21H25ClFN3O/c1-15-3-8-19(23)13-20(15)24-21(27)16(2)26-11-9-25(10-12-26)14-17-4-6-18(22)7-5-17/h3-8,13,16H,9-12,14H2,1-2H3,(H,24,27). The van der Waals surface area contributed by atoms with Crippen molar-refractivity contribution in [3.05, 3.63) is 64.4 Å². The van der Waals surface area contributed by atoms with Crippen LogP contribution < -0.4 is 5.32 Å². The molecule has 1 saturated heterocycles. The van der Waals surface area contributed by atoms with Gasteiger partial charge in [0.05, 0.1) is 6.04 Å². The number of rotatable bonds is 5. The van der Waals surface area contributed by atoms with E-state index in [0.29, 0.717) is 5.69 Å². The highest BCUT2D eigenvalue weighted by molar-refractivity contribution is 6.30. The lowest BCUT2D eigenvalue weighted by molar-refractivity contribution is -0.121. The maximum Gasteiger partial charge on any atom is 0.241 e. The highest BCUT2D eigenvalue weighted by Crippen LogP contribution is 2.18. The number of carbonyl (C=O) groups is 1. The summed E-state index contributed by atoms with van der Waals surface area (Å²) >= 11 is 5.94. The lowest BCUT2D eigenvalue weighted by Gasteiger charge is -2.37. The van der Waals surface area contributed by atoms with E-state index in [2.05, 4.69) is 15.1 Å². The summed E-state index contributed by atoms with van der Waals surface area (Å²) in [5, 5.41) is 3.60.